The van der Waals surface area contributed by atoms with Crippen LogP contribution >= 0.6 is 0 Å². The van der Waals surface area contributed by atoms with Crippen molar-refractivity contribution in [3.05, 3.63) is 70.3 Å². The normalized spacial score (nSPS) is 8.95. The van der Waals surface area contributed by atoms with Crippen LogP contribution in [0.5, 0.6) is 0 Å². The molecule has 0 aliphatic carbocycles. The first-order chi connectivity index (χ1) is 9.02. The number of hydrogen-bond acceptors (Lipinski definition) is 0. The minimum atomic E-state index is 0. The molecule has 0 N–H and O–H groups in total. The van der Waals surface area contributed by atoms with Crippen LogP contribution in [0.3, 0.4) is 0 Å². The van der Waals surface area contributed by atoms with Crippen LogP contribution < -0.4 is 24.8 Å². The average molecular weight is 500 g/mol. The van der Waals surface area contributed by atoms with Gasteiger partial charge in [0.05, 0.1) is 0 Å². The Kier molecular flexibility index (Phi) is 11.3. The van der Waals surface area contributed by atoms with Gasteiger partial charge in [-0.2, -0.15) is 45.3 Å². The maximum absolute atomic E-state index is 2.20. The van der Waals surface area contributed by atoms with Gasteiger partial charge in [-0.25, -0.2) is 0 Å². The third kappa shape index (κ3) is 5.08. The Bertz CT molecular complexity index is 582. The summed E-state index contributed by atoms with van der Waals surface area (Å²) >= 11 is 0. The van der Waals surface area contributed by atoms with Crippen molar-refractivity contribution in [2.75, 3.05) is 0 Å². The van der Waals surface area contributed by atoms with Crippen LogP contribution in [0.4, 0.5) is 0 Å². The second kappa shape index (κ2) is 10.4. The van der Waals surface area contributed by atoms with Crippen LogP contribution in [-0.2, 0) is 25.8 Å². The summed E-state index contributed by atoms with van der Waals surface area (Å²) in [5, 5.41) is 2.66. The van der Waals surface area contributed by atoms with Crippen LogP contribution in [0.2, 0.25) is 0 Å². The third-order valence-corrected chi connectivity index (χ3v) is 4.36. The van der Waals surface area contributed by atoms with Gasteiger partial charge in [0.15, 0.2) is 0 Å². The minimum absolute atomic E-state index is 0. The van der Waals surface area contributed by atoms with E-state index in [0.717, 1.165) is 0 Å². The molecule has 0 fully saturated rings. The first-order valence-corrected chi connectivity index (χ1v) is 6.82. The van der Waals surface area contributed by atoms with Crippen molar-refractivity contribution in [1.29, 1.82) is 0 Å². The molecular weight excluding hydrogens is 478 g/mol. The van der Waals surface area contributed by atoms with E-state index in [1.54, 1.807) is 0 Å². The van der Waals surface area contributed by atoms with E-state index in [1.165, 1.54) is 38.6 Å². The summed E-state index contributed by atoms with van der Waals surface area (Å²) in [4.78, 5) is 0. The predicted octanol–water partition coefficient (Wildman–Crippen LogP) is -0.488. The van der Waals surface area contributed by atoms with Gasteiger partial charge < -0.3 is 24.8 Å². The van der Waals surface area contributed by atoms with Gasteiger partial charge in [0, 0.05) is 0 Å². The van der Waals surface area contributed by atoms with Gasteiger partial charge in [0.25, 0.3) is 0 Å². The molecule has 0 aliphatic heterocycles. The molecule has 0 heterocycles. The molecule has 3 rings (SSSR count). The molecule has 3 aromatic carbocycles. The molecule has 0 saturated heterocycles. The number of rotatable bonds is 0. The van der Waals surface area contributed by atoms with Crippen LogP contribution in [0.1, 0.15) is 27.8 Å². The molecule has 0 amide bonds. The third-order valence-electron chi connectivity index (χ3n) is 4.36. The summed E-state index contributed by atoms with van der Waals surface area (Å²) in [6, 6.07) is 14.7. The van der Waals surface area contributed by atoms with Crippen molar-refractivity contribution in [3.8, 4) is 0 Å². The summed E-state index contributed by atoms with van der Waals surface area (Å²) in [6.45, 7) is 11.0. The fraction of sp³-hybridized carbons (Fsp3) is 0.263. The van der Waals surface area contributed by atoms with E-state index in [2.05, 4.69) is 77.1 Å². The van der Waals surface area contributed by atoms with Gasteiger partial charge in [0.2, 0.25) is 0 Å². The molecule has 3 aromatic rings. The topological polar surface area (TPSA) is 0 Å². The Hall–Kier alpha value is -0.370. The first-order valence-electron chi connectivity index (χ1n) is 6.82. The molecule has 3 heteroatoms. The van der Waals surface area contributed by atoms with Crippen molar-refractivity contribution < 1.29 is 50.7 Å². The summed E-state index contributed by atoms with van der Waals surface area (Å²) in [7, 11) is 0. The monoisotopic (exact) mass is 500 g/mol. The van der Waals surface area contributed by atoms with Crippen molar-refractivity contribution >= 4 is 10.8 Å². The number of hydrogen-bond donors (Lipinski definition) is 0. The van der Waals surface area contributed by atoms with E-state index >= 15 is 0 Å². The number of halogens is 2. The molecular formula is C19H22Cl2Hf. The molecule has 116 valence electrons. The van der Waals surface area contributed by atoms with Gasteiger partial charge in [-0.05, 0) is 0 Å². The summed E-state index contributed by atoms with van der Waals surface area (Å²) in [6.07, 6.45) is 0. The maximum atomic E-state index is 2.20. The van der Waals surface area contributed by atoms with E-state index in [-0.39, 0.29) is 50.7 Å². The molecule has 0 saturated carbocycles. The molecule has 0 unspecified atom stereocenters. The van der Waals surface area contributed by atoms with Crippen molar-refractivity contribution in [2.45, 2.75) is 34.6 Å². The molecule has 0 aromatic heterocycles. The fourth-order valence-corrected chi connectivity index (χ4v) is 2.48. The SMILES string of the molecule is Cc1c(C)c(C)[c-](C)c1C.[Cl-].[Cl-].[Hf+4].c1ccc2[cH-]ccc2c1. The fourth-order valence-electron chi connectivity index (χ4n) is 2.48. The van der Waals surface area contributed by atoms with Crippen LogP contribution in [0, 0.1) is 34.6 Å². The predicted molar refractivity (Wildman–Crippen MR) is 85.3 cm³/mol. The zero-order chi connectivity index (χ0) is 14.0. The first kappa shape index (κ1) is 23.9. The molecule has 0 aliphatic rings. The minimum Gasteiger partial charge on any atom is -1.00 e. The summed E-state index contributed by atoms with van der Waals surface area (Å²) < 4.78 is 0. The number of benzene rings is 1. The molecule has 0 atom stereocenters. The molecule has 22 heavy (non-hydrogen) atoms. The van der Waals surface area contributed by atoms with Crippen LogP contribution in [-0.4, -0.2) is 0 Å². The second-order valence-electron chi connectivity index (χ2n) is 5.28. The van der Waals surface area contributed by atoms with Crippen LogP contribution in [0.25, 0.3) is 10.8 Å². The van der Waals surface area contributed by atoms with E-state index in [9.17, 15) is 0 Å². The maximum Gasteiger partial charge on any atom is 4.00 e. The Balaban J connectivity index is 0. The Morgan fingerprint density at radius 1 is 0.818 bits per heavy atom. The molecule has 0 bridgehead atoms. The smallest absolute Gasteiger partial charge is 1.00 e. The second-order valence-corrected chi connectivity index (χ2v) is 5.28. The largest absolute Gasteiger partial charge is 4.00 e. The van der Waals surface area contributed by atoms with E-state index in [1.807, 2.05) is 0 Å². The van der Waals surface area contributed by atoms with Gasteiger partial charge in [0.1, 0.15) is 0 Å². The standard InChI is InChI=1S/C10H15.C9H7.2ClH.Hf/c1-6-7(2)9(4)10(5)8(6)3;1-2-5-9-7-3-6-8(9)4-1;;;/h1-5H3;1-7H;2*1H;/q2*-1;;;+4/p-2. The number of fused-ring (bicyclic) bond motifs is 1. The van der Waals surface area contributed by atoms with E-state index < -0.39 is 0 Å². The zero-order valence-corrected chi connectivity index (χ0v) is 18.9. The van der Waals surface area contributed by atoms with Gasteiger partial charge >= 0.3 is 25.8 Å². The van der Waals surface area contributed by atoms with Crippen molar-refractivity contribution in [1.82, 2.24) is 0 Å². The average Bonchev–Trinajstić information content (AvgIpc) is 2.97. The molecule has 0 nitrogen and oxygen atoms in total. The summed E-state index contributed by atoms with van der Waals surface area (Å²) in [5.41, 5.74) is 7.34. The molecule has 0 spiro atoms. The van der Waals surface area contributed by atoms with Gasteiger partial charge in [-0.15, -0.1) is 29.7 Å². The van der Waals surface area contributed by atoms with E-state index in [0.29, 0.717) is 0 Å². The quantitative estimate of drug-likeness (QED) is 0.289. The Labute approximate surface area is 165 Å². The van der Waals surface area contributed by atoms with Gasteiger partial charge in [-0.3, -0.25) is 0 Å². The zero-order valence-electron chi connectivity index (χ0n) is 13.8. The van der Waals surface area contributed by atoms with Gasteiger partial charge in [-0.1, -0.05) is 40.7 Å². The summed E-state index contributed by atoms with van der Waals surface area (Å²) in [5.74, 6) is 0. The van der Waals surface area contributed by atoms with Crippen molar-refractivity contribution in [2.24, 2.45) is 0 Å². The van der Waals surface area contributed by atoms with Crippen LogP contribution in [0.15, 0.2) is 42.5 Å². The molecule has 0 radical (unpaired) electrons. The Morgan fingerprint density at radius 2 is 1.32 bits per heavy atom. The Morgan fingerprint density at radius 3 is 1.73 bits per heavy atom. The van der Waals surface area contributed by atoms with E-state index in [4.69, 9.17) is 0 Å². The van der Waals surface area contributed by atoms with Crippen molar-refractivity contribution in [3.63, 3.8) is 0 Å².